The molecule has 16 heavy (non-hydrogen) atoms. The highest BCUT2D eigenvalue weighted by Gasteiger charge is 2.09. The minimum absolute atomic E-state index is 0.122. The molecule has 0 aromatic heterocycles. The molecule has 1 aliphatic heterocycles. The molecule has 0 N–H and O–H groups in total. The average Bonchev–Trinajstić information content (AvgIpc) is 2.31. The number of rotatable bonds is 2. The second kappa shape index (κ2) is 5.60. The van der Waals surface area contributed by atoms with E-state index in [1.54, 1.807) is 29.6 Å². The van der Waals surface area contributed by atoms with Gasteiger partial charge in [0.25, 0.3) is 0 Å². The van der Waals surface area contributed by atoms with Gasteiger partial charge in [-0.15, -0.1) is 23.5 Å². The Labute approximate surface area is 105 Å². The smallest absolute Gasteiger partial charge is 0.187 e. The van der Waals surface area contributed by atoms with E-state index >= 15 is 0 Å². The largest absolute Gasteiger partial charge is 0.289 e. The third kappa shape index (κ3) is 3.16. The number of ketones is 1. The lowest BCUT2D eigenvalue weighted by molar-refractivity contribution is 0.104. The number of thioether (sulfide) groups is 2. The van der Waals surface area contributed by atoms with Crippen molar-refractivity contribution in [1.29, 1.82) is 0 Å². The molecule has 1 aromatic carbocycles. The van der Waals surface area contributed by atoms with Gasteiger partial charge < -0.3 is 0 Å². The lowest BCUT2D eigenvalue weighted by Crippen LogP contribution is -1.98. The van der Waals surface area contributed by atoms with Crippen LogP contribution >= 0.6 is 23.5 Å². The van der Waals surface area contributed by atoms with Gasteiger partial charge in [-0.2, -0.15) is 0 Å². The summed E-state index contributed by atoms with van der Waals surface area (Å²) in [6.07, 6.45) is 3.02. The van der Waals surface area contributed by atoms with Gasteiger partial charge in [0, 0.05) is 15.9 Å². The van der Waals surface area contributed by atoms with Crippen LogP contribution in [-0.4, -0.2) is 17.3 Å². The predicted molar refractivity (Wildman–Crippen MR) is 73.1 cm³/mol. The highest BCUT2D eigenvalue weighted by molar-refractivity contribution is 8.22. The Morgan fingerprint density at radius 2 is 1.81 bits per heavy atom. The van der Waals surface area contributed by atoms with Crippen molar-refractivity contribution in [2.75, 3.05) is 11.5 Å². The van der Waals surface area contributed by atoms with Gasteiger partial charge in [-0.3, -0.25) is 4.79 Å². The first-order valence-corrected chi connectivity index (χ1v) is 7.31. The molecule has 0 bridgehead atoms. The molecule has 3 heteroatoms. The second-order valence-corrected chi connectivity index (χ2v) is 6.28. The number of benzene rings is 1. The van der Waals surface area contributed by atoms with Crippen LogP contribution in [0.2, 0.25) is 0 Å². The molecular formula is C13H14OS2. The van der Waals surface area contributed by atoms with Crippen molar-refractivity contribution in [3.05, 3.63) is 45.7 Å². The fourth-order valence-electron chi connectivity index (χ4n) is 1.44. The SMILES string of the molecule is Cc1ccc(C(=O)C=C2SCCCS2)cc1. The van der Waals surface area contributed by atoms with Gasteiger partial charge in [0.15, 0.2) is 5.78 Å². The molecule has 2 rings (SSSR count). The molecule has 0 atom stereocenters. The number of allylic oxidation sites excluding steroid dienone is 1. The van der Waals surface area contributed by atoms with Crippen molar-refractivity contribution in [3.63, 3.8) is 0 Å². The number of aryl methyl sites for hydroxylation is 1. The van der Waals surface area contributed by atoms with E-state index in [1.165, 1.54) is 12.0 Å². The zero-order chi connectivity index (χ0) is 11.4. The van der Waals surface area contributed by atoms with Gasteiger partial charge in [-0.1, -0.05) is 29.8 Å². The summed E-state index contributed by atoms with van der Waals surface area (Å²) in [5.41, 5.74) is 1.97. The van der Waals surface area contributed by atoms with Crippen molar-refractivity contribution in [2.24, 2.45) is 0 Å². The van der Waals surface area contributed by atoms with Crippen molar-refractivity contribution < 1.29 is 4.79 Å². The van der Waals surface area contributed by atoms with Gasteiger partial charge in [-0.25, -0.2) is 0 Å². The van der Waals surface area contributed by atoms with Crippen LogP contribution in [-0.2, 0) is 0 Å². The molecule has 1 saturated heterocycles. The summed E-state index contributed by atoms with van der Waals surface area (Å²) in [6.45, 7) is 2.03. The lowest BCUT2D eigenvalue weighted by atomic mass is 10.1. The van der Waals surface area contributed by atoms with Crippen LogP contribution in [0.4, 0.5) is 0 Å². The summed E-state index contributed by atoms with van der Waals surface area (Å²) in [7, 11) is 0. The molecule has 1 aliphatic rings. The minimum Gasteiger partial charge on any atom is -0.289 e. The number of carbonyl (C=O) groups excluding carboxylic acids is 1. The first-order valence-electron chi connectivity index (χ1n) is 5.34. The van der Waals surface area contributed by atoms with E-state index in [0.29, 0.717) is 0 Å². The highest BCUT2D eigenvalue weighted by atomic mass is 32.2. The Morgan fingerprint density at radius 1 is 1.19 bits per heavy atom. The van der Waals surface area contributed by atoms with Crippen molar-refractivity contribution in [1.82, 2.24) is 0 Å². The zero-order valence-corrected chi connectivity index (χ0v) is 10.9. The van der Waals surface area contributed by atoms with E-state index < -0.39 is 0 Å². The molecule has 1 nitrogen and oxygen atoms in total. The summed E-state index contributed by atoms with van der Waals surface area (Å²) in [5.74, 6) is 2.40. The maximum atomic E-state index is 11.9. The maximum Gasteiger partial charge on any atom is 0.187 e. The van der Waals surface area contributed by atoms with E-state index in [4.69, 9.17) is 0 Å². The van der Waals surface area contributed by atoms with E-state index in [9.17, 15) is 4.79 Å². The lowest BCUT2D eigenvalue weighted by Gasteiger charge is -2.11. The minimum atomic E-state index is 0.122. The molecule has 0 amide bonds. The molecular weight excluding hydrogens is 236 g/mol. The number of hydrogen-bond donors (Lipinski definition) is 0. The van der Waals surface area contributed by atoms with E-state index in [0.717, 1.165) is 21.3 Å². The number of carbonyl (C=O) groups is 1. The first-order chi connectivity index (χ1) is 7.75. The first kappa shape index (κ1) is 11.8. The summed E-state index contributed by atoms with van der Waals surface area (Å²) in [5, 5.41) is 0. The Kier molecular flexibility index (Phi) is 4.13. The maximum absolute atomic E-state index is 11.9. The molecule has 0 aliphatic carbocycles. The van der Waals surface area contributed by atoms with Gasteiger partial charge in [0.2, 0.25) is 0 Å². The van der Waals surface area contributed by atoms with E-state index in [-0.39, 0.29) is 5.78 Å². The summed E-state index contributed by atoms with van der Waals surface area (Å²) in [6, 6.07) is 7.75. The Balaban J connectivity index is 2.09. The second-order valence-electron chi connectivity index (χ2n) is 3.74. The van der Waals surface area contributed by atoms with Crippen LogP contribution in [0.15, 0.2) is 34.6 Å². The van der Waals surface area contributed by atoms with Crippen LogP contribution in [0, 0.1) is 6.92 Å². The average molecular weight is 250 g/mol. The predicted octanol–water partition coefficient (Wildman–Crippen LogP) is 3.89. The van der Waals surface area contributed by atoms with Crippen molar-refractivity contribution >= 4 is 29.3 Å². The van der Waals surface area contributed by atoms with Crippen molar-refractivity contribution in [2.45, 2.75) is 13.3 Å². The summed E-state index contributed by atoms with van der Waals surface area (Å²) in [4.78, 5) is 11.9. The van der Waals surface area contributed by atoms with Gasteiger partial charge in [-0.05, 0) is 24.9 Å². The monoisotopic (exact) mass is 250 g/mol. The van der Waals surface area contributed by atoms with Crippen LogP contribution in [0.25, 0.3) is 0 Å². The Hall–Kier alpha value is -0.670. The standard InChI is InChI=1S/C13H14OS2/c1-10-3-5-11(6-4-10)12(14)9-13-15-7-2-8-16-13/h3-6,9H,2,7-8H2,1H3. The van der Waals surface area contributed by atoms with Gasteiger partial charge in [0.1, 0.15) is 0 Å². The topological polar surface area (TPSA) is 17.1 Å². The third-order valence-electron chi connectivity index (χ3n) is 2.36. The molecule has 0 radical (unpaired) electrons. The quantitative estimate of drug-likeness (QED) is 0.585. The van der Waals surface area contributed by atoms with Crippen LogP contribution in [0.1, 0.15) is 22.3 Å². The van der Waals surface area contributed by atoms with E-state index in [2.05, 4.69) is 0 Å². The van der Waals surface area contributed by atoms with Crippen molar-refractivity contribution in [3.8, 4) is 0 Å². The van der Waals surface area contributed by atoms with Crippen LogP contribution < -0.4 is 0 Å². The molecule has 1 aromatic rings. The molecule has 84 valence electrons. The molecule has 0 saturated carbocycles. The fraction of sp³-hybridized carbons (Fsp3) is 0.308. The normalized spacial score (nSPS) is 15.9. The number of hydrogen-bond acceptors (Lipinski definition) is 3. The Morgan fingerprint density at radius 3 is 2.44 bits per heavy atom. The Bertz CT molecular complexity index is 398. The zero-order valence-electron chi connectivity index (χ0n) is 9.23. The summed E-state index contributed by atoms with van der Waals surface area (Å²) < 4.78 is 1.16. The summed E-state index contributed by atoms with van der Waals surface area (Å²) >= 11 is 3.59. The highest BCUT2D eigenvalue weighted by Crippen LogP contribution is 2.34. The molecule has 1 fully saturated rings. The molecule has 0 spiro atoms. The van der Waals surface area contributed by atoms with Gasteiger partial charge in [0.05, 0.1) is 0 Å². The molecule has 0 unspecified atom stereocenters. The van der Waals surface area contributed by atoms with Crippen LogP contribution in [0.3, 0.4) is 0 Å². The van der Waals surface area contributed by atoms with E-state index in [1.807, 2.05) is 31.2 Å². The fourth-order valence-corrected chi connectivity index (χ4v) is 3.81. The van der Waals surface area contributed by atoms with Gasteiger partial charge >= 0.3 is 0 Å². The molecule has 1 heterocycles. The third-order valence-corrected chi connectivity index (χ3v) is 4.86. The van der Waals surface area contributed by atoms with Crippen LogP contribution in [0.5, 0.6) is 0 Å².